The maximum atomic E-state index is 5.72. The number of nitrogens with zero attached hydrogens (tertiary/aromatic N) is 1. The van der Waals surface area contributed by atoms with Crippen LogP contribution in [-0.2, 0) is 13.0 Å². The summed E-state index contributed by atoms with van der Waals surface area (Å²) in [6.45, 7) is 9.13. The first-order chi connectivity index (χ1) is 12.5. The van der Waals surface area contributed by atoms with Crippen LogP contribution >= 0.6 is 22.7 Å². The third kappa shape index (κ3) is 5.16. The summed E-state index contributed by atoms with van der Waals surface area (Å²) in [5.74, 6) is 0.921. The Kier molecular flexibility index (Phi) is 6.46. The summed E-state index contributed by atoms with van der Waals surface area (Å²) >= 11 is 3.55. The second kappa shape index (κ2) is 8.80. The summed E-state index contributed by atoms with van der Waals surface area (Å²) < 4.78 is 5.72. The summed E-state index contributed by atoms with van der Waals surface area (Å²) in [7, 11) is 0. The summed E-state index contributed by atoms with van der Waals surface area (Å²) in [6, 6.07) is 10.8. The zero-order valence-corrected chi connectivity index (χ0v) is 17.4. The summed E-state index contributed by atoms with van der Waals surface area (Å²) in [6.07, 6.45) is 1.16. The average Bonchev–Trinajstić information content (AvgIpc) is 3.22. The number of hydrogen-bond acceptors (Lipinski definition) is 5. The second-order valence-corrected chi connectivity index (χ2v) is 8.79. The molecule has 1 aromatic carbocycles. The fraction of sp³-hybridized carbons (Fsp3) is 0.381. The molecule has 1 unspecified atom stereocenters. The van der Waals surface area contributed by atoms with Gasteiger partial charge in [-0.2, -0.15) is 11.3 Å². The van der Waals surface area contributed by atoms with Crippen molar-refractivity contribution in [3.63, 3.8) is 0 Å². The van der Waals surface area contributed by atoms with E-state index in [4.69, 9.17) is 9.72 Å². The van der Waals surface area contributed by atoms with Crippen molar-refractivity contribution in [2.45, 2.75) is 52.8 Å². The highest BCUT2D eigenvalue weighted by atomic mass is 32.1. The molecule has 0 radical (unpaired) electrons. The van der Waals surface area contributed by atoms with Crippen molar-refractivity contribution in [2.24, 2.45) is 0 Å². The van der Waals surface area contributed by atoms with Crippen LogP contribution < -0.4 is 10.1 Å². The molecule has 1 atom stereocenters. The Balaban J connectivity index is 1.69. The van der Waals surface area contributed by atoms with Crippen molar-refractivity contribution in [3.05, 3.63) is 67.8 Å². The van der Waals surface area contributed by atoms with Gasteiger partial charge in [0, 0.05) is 11.4 Å². The van der Waals surface area contributed by atoms with Gasteiger partial charge in [-0.25, -0.2) is 4.98 Å². The number of benzene rings is 1. The fourth-order valence-corrected chi connectivity index (χ4v) is 4.42. The standard InChI is InChI=1S/C21H26N2OS2/c1-14(2)24-19-7-5-17(6-8-19)12-22-20(11-18-9-10-25-13-18)21-23-15(3)16(4)26-21/h5-10,13-14,20,22H,11-12H2,1-4H3. The number of nitrogens with one attached hydrogen (secondary N) is 1. The maximum Gasteiger partial charge on any atom is 0.119 e. The highest BCUT2D eigenvalue weighted by molar-refractivity contribution is 7.11. The number of hydrogen-bond donors (Lipinski definition) is 1. The Hall–Kier alpha value is -1.69. The van der Waals surface area contributed by atoms with Crippen LogP contribution in [0.25, 0.3) is 0 Å². The molecule has 0 spiro atoms. The minimum Gasteiger partial charge on any atom is -0.491 e. The summed E-state index contributed by atoms with van der Waals surface area (Å²) in [4.78, 5) is 6.09. The lowest BCUT2D eigenvalue weighted by Crippen LogP contribution is -2.22. The number of ether oxygens (including phenoxy) is 1. The van der Waals surface area contributed by atoms with Gasteiger partial charge in [-0.3, -0.25) is 0 Å². The van der Waals surface area contributed by atoms with Crippen molar-refractivity contribution < 1.29 is 4.74 Å². The van der Waals surface area contributed by atoms with Gasteiger partial charge in [0.1, 0.15) is 10.8 Å². The third-order valence-corrected chi connectivity index (χ3v) is 6.13. The van der Waals surface area contributed by atoms with E-state index in [2.05, 4.69) is 48.1 Å². The number of aromatic nitrogens is 1. The molecule has 0 aliphatic heterocycles. The zero-order valence-electron chi connectivity index (χ0n) is 15.8. The molecule has 1 N–H and O–H groups in total. The van der Waals surface area contributed by atoms with E-state index in [9.17, 15) is 0 Å². The van der Waals surface area contributed by atoms with E-state index in [0.717, 1.165) is 24.4 Å². The third-order valence-electron chi connectivity index (χ3n) is 4.21. The monoisotopic (exact) mass is 386 g/mol. The Bertz CT molecular complexity index is 788. The van der Waals surface area contributed by atoms with Crippen molar-refractivity contribution in [3.8, 4) is 5.75 Å². The predicted molar refractivity (Wildman–Crippen MR) is 111 cm³/mol. The van der Waals surface area contributed by atoms with Crippen LogP contribution in [0.2, 0.25) is 0 Å². The van der Waals surface area contributed by atoms with E-state index in [1.807, 2.05) is 26.0 Å². The molecule has 0 saturated heterocycles. The summed E-state index contributed by atoms with van der Waals surface area (Å²) in [5, 5.41) is 9.23. The van der Waals surface area contributed by atoms with Crippen LogP contribution in [0.4, 0.5) is 0 Å². The SMILES string of the molecule is Cc1nc(C(Cc2ccsc2)NCc2ccc(OC(C)C)cc2)sc1C. The average molecular weight is 387 g/mol. The van der Waals surface area contributed by atoms with E-state index in [0.29, 0.717) is 0 Å². The molecular formula is C21H26N2OS2. The van der Waals surface area contributed by atoms with Crippen LogP contribution in [-0.4, -0.2) is 11.1 Å². The van der Waals surface area contributed by atoms with Gasteiger partial charge in [0.05, 0.1) is 17.8 Å². The topological polar surface area (TPSA) is 34.2 Å². The van der Waals surface area contributed by atoms with Gasteiger partial charge < -0.3 is 10.1 Å². The Morgan fingerprint density at radius 2 is 1.85 bits per heavy atom. The molecule has 5 heteroatoms. The minimum absolute atomic E-state index is 0.199. The molecule has 0 aliphatic rings. The van der Waals surface area contributed by atoms with Crippen molar-refractivity contribution >= 4 is 22.7 Å². The smallest absolute Gasteiger partial charge is 0.119 e. The molecular weight excluding hydrogens is 360 g/mol. The van der Waals surface area contributed by atoms with Gasteiger partial charge in [-0.05, 0) is 74.2 Å². The molecule has 3 nitrogen and oxygen atoms in total. The van der Waals surface area contributed by atoms with Gasteiger partial charge in [0.15, 0.2) is 0 Å². The van der Waals surface area contributed by atoms with Crippen molar-refractivity contribution in [1.82, 2.24) is 10.3 Å². The molecule has 2 aromatic heterocycles. The van der Waals surface area contributed by atoms with Gasteiger partial charge in [-0.1, -0.05) is 12.1 Å². The largest absolute Gasteiger partial charge is 0.491 e. The Morgan fingerprint density at radius 3 is 2.42 bits per heavy atom. The van der Waals surface area contributed by atoms with E-state index < -0.39 is 0 Å². The van der Waals surface area contributed by atoms with Gasteiger partial charge in [-0.15, -0.1) is 11.3 Å². The van der Waals surface area contributed by atoms with E-state index >= 15 is 0 Å². The van der Waals surface area contributed by atoms with Crippen LogP contribution in [0.5, 0.6) is 5.75 Å². The minimum atomic E-state index is 0.199. The lowest BCUT2D eigenvalue weighted by atomic mass is 10.1. The molecule has 138 valence electrons. The van der Waals surface area contributed by atoms with Gasteiger partial charge >= 0.3 is 0 Å². The highest BCUT2D eigenvalue weighted by Crippen LogP contribution is 2.27. The Morgan fingerprint density at radius 1 is 1.08 bits per heavy atom. The zero-order chi connectivity index (χ0) is 18.5. The lowest BCUT2D eigenvalue weighted by molar-refractivity contribution is 0.242. The first-order valence-electron chi connectivity index (χ1n) is 8.95. The molecule has 0 bridgehead atoms. The first kappa shape index (κ1) is 19.1. The first-order valence-corrected chi connectivity index (χ1v) is 10.7. The maximum absolute atomic E-state index is 5.72. The van der Waals surface area contributed by atoms with Crippen molar-refractivity contribution in [2.75, 3.05) is 0 Å². The quantitative estimate of drug-likeness (QED) is 0.540. The van der Waals surface area contributed by atoms with Gasteiger partial charge in [0.2, 0.25) is 0 Å². The van der Waals surface area contributed by atoms with Crippen LogP contribution in [0.15, 0.2) is 41.1 Å². The van der Waals surface area contributed by atoms with Crippen LogP contribution in [0.3, 0.4) is 0 Å². The summed E-state index contributed by atoms with van der Waals surface area (Å²) in [5.41, 5.74) is 3.75. The molecule has 0 saturated carbocycles. The number of rotatable bonds is 8. The highest BCUT2D eigenvalue weighted by Gasteiger charge is 2.17. The molecule has 3 aromatic rings. The lowest BCUT2D eigenvalue weighted by Gasteiger charge is -2.17. The van der Waals surface area contributed by atoms with E-state index in [1.54, 1.807) is 22.7 Å². The normalized spacial score (nSPS) is 12.5. The van der Waals surface area contributed by atoms with Crippen molar-refractivity contribution in [1.29, 1.82) is 0 Å². The number of thiophene rings is 1. The molecule has 0 amide bonds. The van der Waals surface area contributed by atoms with E-state index in [1.165, 1.54) is 21.0 Å². The molecule has 3 rings (SSSR count). The predicted octanol–water partition coefficient (Wildman–Crippen LogP) is 5.68. The van der Waals surface area contributed by atoms with E-state index in [-0.39, 0.29) is 12.1 Å². The molecule has 2 heterocycles. The van der Waals surface area contributed by atoms with Gasteiger partial charge in [0.25, 0.3) is 0 Å². The number of aryl methyl sites for hydroxylation is 2. The molecule has 0 aliphatic carbocycles. The molecule has 26 heavy (non-hydrogen) atoms. The fourth-order valence-electron chi connectivity index (χ4n) is 2.74. The second-order valence-electron chi connectivity index (χ2n) is 6.77. The molecule has 0 fully saturated rings. The Labute approximate surface area is 164 Å². The van der Waals surface area contributed by atoms with Crippen LogP contribution in [0, 0.1) is 13.8 Å². The van der Waals surface area contributed by atoms with Crippen LogP contribution in [0.1, 0.15) is 46.6 Å². The number of thiazole rings is 1.